The molecule has 0 spiro atoms. The lowest BCUT2D eigenvalue weighted by molar-refractivity contribution is -0.0501. The molecule has 0 radical (unpaired) electrons. The van der Waals surface area contributed by atoms with E-state index >= 15 is 0 Å². The number of carbonyl (C=O) groups is 1. The second kappa shape index (κ2) is 4.57. The van der Waals surface area contributed by atoms with Crippen LogP contribution in [0.5, 0.6) is 5.75 Å². The fraction of sp³-hybridized carbons (Fsp3) is 0.300. The Morgan fingerprint density at radius 3 is 2.53 bits per heavy atom. The van der Waals surface area contributed by atoms with Crippen molar-refractivity contribution in [3.05, 3.63) is 28.3 Å². The SMILES string of the molecule is CC(=O)c1c(OC(F)F)ccc(Cl)c1C. The molecule has 1 aromatic rings. The summed E-state index contributed by atoms with van der Waals surface area (Å²) in [7, 11) is 0. The summed E-state index contributed by atoms with van der Waals surface area (Å²) in [5.74, 6) is -0.495. The van der Waals surface area contributed by atoms with Crippen LogP contribution < -0.4 is 4.74 Å². The third-order valence-electron chi connectivity index (χ3n) is 1.93. The van der Waals surface area contributed by atoms with Gasteiger partial charge in [-0.3, -0.25) is 4.79 Å². The Labute approximate surface area is 90.8 Å². The zero-order valence-corrected chi connectivity index (χ0v) is 8.94. The largest absolute Gasteiger partial charge is 0.434 e. The summed E-state index contributed by atoms with van der Waals surface area (Å²) < 4.78 is 28.3. The van der Waals surface area contributed by atoms with Gasteiger partial charge in [-0.2, -0.15) is 8.78 Å². The highest BCUT2D eigenvalue weighted by atomic mass is 35.5. The molecule has 0 N–H and O–H groups in total. The van der Waals surface area contributed by atoms with Crippen molar-refractivity contribution in [1.29, 1.82) is 0 Å². The minimum atomic E-state index is -2.95. The number of benzene rings is 1. The number of hydrogen-bond acceptors (Lipinski definition) is 2. The van der Waals surface area contributed by atoms with Gasteiger partial charge in [0.25, 0.3) is 0 Å². The van der Waals surface area contributed by atoms with Crippen LogP contribution in [0, 0.1) is 6.92 Å². The molecule has 2 nitrogen and oxygen atoms in total. The van der Waals surface area contributed by atoms with Gasteiger partial charge in [0, 0.05) is 5.02 Å². The molecule has 0 fully saturated rings. The lowest BCUT2D eigenvalue weighted by atomic mass is 10.0. The quantitative estimate of drug-likeness (QED) is 0.749. The van der Waals surface area contributed by atoms with Gasteiger partial charge in [-0.1, -0.05) is 11.6 Å². The minimum absolute atomic E-state index is 0.0998. The van der Waals surface area contributed by atoms with Crippen LogP contribution in [-0.4, -0.2) is 12.4 Å². The van der Waals surface area contributed by atoms with Crippen LogP contribution in [0.4, 0.5) is 8.78 Å². The van der Waals surface area contributed by atoms with Crippen LogP contribution in [0.2, 0.25) is 5.02 Å². The maximum absolute atomic E-state index is 12.0. The summed E-state index contributed by atoms with van der Waals surface area (Å²) in [6, 6.07) is 2.68. The molecule has 82 valence electrons. The van der Waals surface area contributed by atoms with E-state index in [2.05, 4.69) is 4.74 Å². The van der Waals surface area contributed by atoms with Gasteiger partial charge in [0.05, 0.1) is 5.56 Å². The second-order valence-corrected chi connectivity index (χ2v) is 3.39. The third kappa shape index (κ3) is 2.65. The first-order valence-corrected chi connectivity index (χ1v) is 4.56. The van der Waals surface area contributed by atoms with Crippen molar-refractivity contribution in [3.8, 4) is 5.75 Å². The fourth-order valence-electron chi connectivity index (χ4n) is 1.29. The molecule has 0 amide bonds. The Kier molecular flexibility index (Phi) is 3.63. The van der Waals surface area contributed by atoms with Gasteiger partial charge in [0.2, 0.25) is 0 Å². The van der Waals surface area contributed by atoms with Crippen LogP contribution in [0.3, 0.4) is 0 Å². The van der Waals surface area contributed by atoms with Crippen LogP contribution in [0.15, 0.2) is 12.1 Å². The van der Waals surface area contributed by atoms with Gasteiger partial charge >= 0.3 is 6.61 Å². The standard InChI is InChI=1S/C10H9ClF2O2/c1-5-7(11)3-4-8(15-10(12)13)9(5)6(2)14/h3-4,10H,1-2H3. The zero-order valence-electron chi connectivity index (χ0n) is 8.18. The summed E-state index contributed by atoms with van der Waals surface area (Å²) in [6.07, 6.45) is 0. The number of carbonyl (C=O) groups excluding carboxylic acids is 1. The highest BCUT2D eigenvalue weighted by Gasteiger charge is 2.16. The molecule has 0 bridgehead atoms. The highest BCUT2D eigenvalue weighted by molar-refractivity contribution is 6.32. The predicted molar refractivity (Wildman–Crippen MR) is 52.8 cm³/mol. The van der Waals surface area contributed by atoms with Gasteiger partial charge in [0.1, 0.15) is 5.75 Å². The maximum Gasteiger partial charge on any atom is 0.387 e. The van der Waals surface area contributed by atoms with Gasteiger partial charge in [-0.25, -0.2) is 0 Å². The van der Waals surface area contributed by atoms with E-state index in [0.29, 0.717) is 10.6 Å². The van der Waals surface area contributed by atoms with Gasteiger partial charge in [-0.15, -0.1) is 0 Å². The molecule has 0 aliphatic rings. The van der Waals surface area contributed by atoms with E-state index in [0.717, 1.165) is 0 Å². The van der Waals surface area contributed by atoms with Crippen LogP contribution in [-0.2, 0) is 0 Å². The lowest BCUT2D eigenvalue weighted by Gasteiger charge is -2.11. The summed E-state index contributed by atoms with van der Waals surface area (Å²) in [4.78, 5) is 11.2. The van der Waals surface area contributed by atoms with Crippen LogP contribution >= 0.6 is 11.6 Å². The van der Waals surface area contributed by atoms with Crippen molar-refractivity contribution in [3.63, 3.8) is 0 Å². The van der Waals surface area contributed by atoms with Gasteiger partial charge in [0.15, 0.2) is 5.78 Å². The molecule has 0 unspecified atom stereocenters. The molecule has 0 heterocycles. The van der Waals surface area contributed by atoms with Crippen molar-refractivity contribution < 1.29 is 18.3 Å². The Bertz CT molecular complexity index is 391. The summed E-state index contributed by atoms with van der Waals surface area (Å²) in [6.45, 7) is -0.0994. The number of ketones is 1. The number of Topliss-reactive ketones (excluding diaryl/α,β-unsaturated/α-hetero) is 1. The van der Waals surface area contributed by atoms with E-state index < -0.39 is 6.61 Å². The number of hydrogen-bond donors (Lipinski definition) is 0. The number of ether oxygens (including phenoxy) is 1. The third-order valence-corrected chi connectivity index (χ3v) is 2.34. The van der Waals surface area contributed by atoms with E-state index in [1.807, 2.05) is 0 Å². The first-order chi connectivity index (χ1) is 6.93. The topological polar surface area (TPSA) is 26.3 Å². The van der Waals surface area contributed by atoms with Crippen molar-refractivity contribution in [2.75, 3.05) is 0 Å². The van der Waals surface area contributed by atoms with Gasteiger partial charge in [-0.05, 0) is 31.5 Å². The summed E-state index contributed by atoms with van der Waals surface area (Å²) in [5.41, 5.74) is 0.546. The lowest BCUT2D eigenvalue weighted by Crippen LogP contribution is -2.08. The monoisotopic (exact) mass is 234 g/mol. The first-order valence-electron chi connectivity index (χ1n) is 4.18. The molecule has 15 heavy (non-hydrogen) atoms. The Hall–Kier alpha value is -1.16. The molecule has 1 rings (SSSR count). The molecular formula is C10H9ClF2O2. The smallest absolute Gasteiger partial charge is 0.387 e. The summed E-state index contributed by atoms with van der Waals surface area (Å²) in [5, 5.41) is 0.349. The Morgan fingerprint density at radius 2 is 2.07 bits per heavy atom. The van der Waals surface area contributed by atoms with E-state index in [4.69, 9.17) is 11.6 Å². The van der Waals surface area contributed by atoms with Crippen molar-refractivity contribution in [1.82, 2.24) is 0 Å². The number of alkyl halides is 2. The van der Waals surface area contributed by atoms with E-state index in [9.17, 15) is 13.6 Å². The molecule has 0 saturated heterocycles. The molecule has 0 saturated carbocycles. The average molecular weight is 235 g/mol. The van der Waals surface area contributed by atoms with E-state index in [1.165, 1.54) is 19.1 Å². The molecule has 1 aromatic carbocycles. The fourth-order valence-corrected chi connectivity index (χ4v) is 1.45. The molecule has 0 atom stereocenters. The maximum atomic E-state index is 12.0. The normalized spacial score (nSPS) is 10.5. The molecule has 0 aliphatic heterocycles. The van der Waals surface area contributed by atoms with Crippen molar-refractivity contribution in [2.24, 2.45) is 0 Å². The molecule has 0 aliphatic carbocycles. The van der Waals surface area contributed by atoms with E-state index in [1.54, 1.807) is 6.92 Å². The van der Waals surface area contributed by atoms with Crippen LogP contribution in [0.1, 0.15) is 22.8 Å². The first kappa shape index (κ1) is 11.9. The highest BCUT2D eigenvalue weighted by Crippen LogP contribution is 2.29. The number of rotatable bonds is 3. The Morgan fingerprint density at radius 1 is 1.47 bits per heavy atom. The molecular weight excluding hydrogens is 226 g/mol. The minimum Gasteiger partial charge on any atom is -0.434 e. The number of halogens is 3. The average Bonchev–Trinajstić information content (AvgIpc) is 2.10. The Balaban J connectivity index is 3.27. The van der Waals surface area contributed by atoms with Crippen molar-refractivity contribution in [2.45, 2.75) is 20.5 Å². The van der Waals surface area contributed by atoms with Gasteiger partial charge < -0.3 is 4.74 Å². The van der Waals surface area contributed by atoms with Crippen molar-refractivity contribution >= 4 is 17.4 Å². The van der Waals surface area contributed by atoms with Crippen LogP contribution in [0.25, 0.3) is 0 Å². The van der Waals surface area contributed by atoms with E-state index in [-0.39, 0.29) is 17.1 Å². The second-order valence-electron chi connectivity index (χ2n) is 2.98. The summed E-state index contributed by atoms with van der Waals surface area (Å²) >= 11 is 5.77. The zero-order chi connectivity index (χ0) is 11.6. The molecule has 0 aromatic heterocycles. The molecule has 5 heteroatoms. The predicted octanol–water partition coefficient (Wildman–Crippen LogP) is 3.45.